The maximum Gasteiger partial charge on any atom is 0.303 e. The molecule has 1 heterocycles. The van der Waals surface area contributed by atoms with Crippen LogP contribution in [0, 0.1) is 5.92 Å². The van der Waals surface area contributed by atoms with Crippen molar-refractivity contribution in [2.24, 2.45) is 5.92 Å². The van der Waals surface area contributed by atoms with Crippen molar-refractivity contribution in [3.63, 3.8) is 0 Å². The lowest BCUT2D eigenvalue weighted by molar-refractivity contribution is -0.185. The first-order valence-corrected chi connectivity index (χ1v) is 10.7. The summed E-state index contributed by atoms with van der Waals surface area (Å²) < 4.78 is 27.6. The highest BCUT2D eigenvalue weighted by atomic mass is 16.7. The van der Waals surface area contributed by atoms with Crippen molar-refractivity contribution in [2.45, 2.75) is 77.9 Å². The zero-order chi connectivity index (χ0) is 25.0. The molecule has 0 spiro atoms. The third-order valence-corrected chi connectivity index (χ3v) is 4.70. The fourth-order valence-corrected chi connectivity index (χ4v) is 3.39. The second-order valence-corrected chi connectivity index (χ2v) is 7.71. The summed E-state index contributed by atoms with van der Waals surface area (Å²) in [5, 5.41) is 11.4. The summed E-state index contributed by atoms with van der Waals surface area (Å²) in [5.74, 6) is -3.96. The zero-order valence-electron chi connectivity index (χ0n) is 19.4. The fraction of sp³-hybridized carbons (Fsp3) is 0.762. The van der Waals surface area contributed by atoms with Crippen molar-refractivity contribution in [2.75, 3.05) is 19.8 Å². The topological polar surface area (TPSA) is 164 Å². The SMILES string of the molecule is CC(=O)N[C@H]1[C@H](OCCCCCC(=O)O)OC[C@H](COC(C)=O)[C@@H](OC(C)=O)[C@@H]1OC(C)=O. The summed E-state index contributed by atoms with van der Waals surface area (Å²) in [7, 11) is 0. The molecule has 2 N–H and O–H groups in total. The van der Waals surface area contributed by atoms with Crippen LogP contribution in [0.2, 0.25) is 0 Å². The van der Waals surface area contributed by atoms with Crippen molar-refractivity contribution in [3.8, 4) is 0 Å². The van der Waals surface area contributed by atoms with E-state index >= 15 is 0 Å². The quantitative estimate of drug-likeness (QED) is 0.230. The molecule has 1 aliphatic heterocycles. The molecule has 1 amide bonds. The summed E-state index contributed by atoms with van der Waals surface area (Å²) in [4.78, 5) is 57.5. The molecule has 1 saturated heterocycles. The molecule has 188 valence electrons. The van der Waals surface area contributed by atoms with Crippen molar-refractivity contribution >= 4 is 29.8 Å². The van der Waals surface area contributed by atoms with Gasteiger partial charge in [-0.05, 0) is 12.8 Å². The Balaban J connectivity index is 3.11. The Morgan fingerprint density at radius 1 is 0.909 bits per heavy atom. The van der Waals surface area contributed by atoms with E-state index in [9.17, 15) is 24.0 Å². The Hall–Kier alpha value is -2.73. The number of aliphatic carboxylic acids is 1. The molecule has 0 aromatic carbocycles. The molecular weight excluding hydrogens is 442 g/mol. The normalized spacial score (nSPS) is 24.8. The third-order valence-electron chi connectivity index (χ3n) is 4.70. The number of hydrogen-bond acceptors (Lipinski definition) is 10. The Bertz CT molecular complexity index is 696. The lowest BCUT2D eigenvalue weighted by Crippen LogP contribution is -2.57. The first-order valence-electron chi connectivity index (χ1n) is 10.7. The number of carboxylic acids is 1. The molecule has 0 aliphatic carbocycles. The van der Waals surface area contributed by atoms with Crippen LogP contribution in [0.1, 0.15) is 53.4 Å². The Labute approximate surface area is 192 Å². The van der Waals surface area contributed by atoms with E-state index in [2.05, 4.69) is 5.32 Å². The van der Waals surface area contributed by atoms with E-state index in [1.54, 1.807) is 0 Å². The molecule has 1 aliphatic rings. The minimum absolute atomic E-state index is 0.0465. The number of unbranched alkanes of at least 4 members (excludes halogenated alkanes) is 2. The number of esters is 3. The molecule has 12 nitrogen and oxygen atoms in total. The Kier molecular flexibility index (Phi) is 12.4. The van der Waals surface area contributed by atoms with Gasteiger partial charge in [0.15, 0.2) is 12.4 Å². The third kappa shape index (κ3) is 11.1. The van der Waals surface area contributed by atoms with Crippen LogP contribution in [0.3, 0.4) is 0 Å². The number of ether oxygens (including phenoxy) is 5. The van der Waals surface area contributed by atoms with Crippen LogP contribution in [0.25, 0.3) is 0 Å². The minimum atomic E-state index is -1.18. The van der Waals surface area contributed by atoms with Gasteiger partial charge in [-0.25, -0.2) is 0 Å². The zero-order valence-corrected chi connectivity index (χ0v) is 19.4. The summed E-state index contributed by atoms with van der Waals surface area (Å²) in [6, 6.07) is -1.03. The molecule has 0 radical (unpaired) electrons. The fourth-order valence-electron chi connectivity index (χ4n) is 3.39. The molecule has 0 aromatic rings. The summed E-state index contributed by atoms with van der Waals surface area (Å²) in [6.07, 6.45) is -1.69. The first-order chi connectivity index (χ1) is 15.5. The van der Waals surface area contributed by atoms with E-state index < -0.39 is 60.2 Å². The van der Waals surface area contributed by atoms with E-state index in [4.69, 9.17) is 28.8 Å². The number of hydrogen-bond donors (Lipinski definition) is 2. The van der Waals surface area contributed by atoms with E-state index in [1.165, 1.54) is 27.7 Å². The number of carbonyl (C=O) groups excluding carboxylic acids is 4. The highest BCUT2D eigenvalue weighted by molar-refractivity contribution is 5.73. The molecule has 0 unspecified atom stereocenters. The second-order valence-electron chi connectivity index (χ2n) is 7.71. The summed E-state index contributed by atoms with van der Waals surface area (Å²) in [5.41, 5.74) is 0. The minimum Gasteiger partial charge on any atom is -0.481 e. The van der Waals surface area contributed by atoms with Gasteiger partial charge in [-0.1, -0.05) is 6.42 Å². The molecule has 1 fully saturated rings. The average Bonchev–Trinajstić information content (AvgIpc) is 2.80. The van der Waals surface area contributed by atoms with Crippen molar-refractivity contribution in [3.05, 3.63) is 0 Å². The lowest BCUT2D eigenvalue weighted by Gasteiger charge is -2.34. The van der Waals surface area contributed by atoms with Crippen LogP contribution in [0.4, 0.5) is 0 Å². The molecule has 33 heavy (non-hydrogen) atoms. The number of rotatable bonds is 12. The summed E-state index contributed by atoms with van der Waals surface area (Å²) in [6.45, 7) is 4.75. The van der Waals surface area contributed by atoms with Gasteiger partial charge in [-0.15, -0.1) is 0 Å². The van der Waals surface area contributed by atoms with Crippen molar-refractivity contribution < 1.29 is 52.8 Å². The Morgan fingerprint density at radius 2 is 1.55 bits per heavy atom. The first kappa shape index (κ1) is 28.3. The lowest BCUT2D eigenvalue weighted by atomic mass is 9.95. The highest BCUT2D eigenvalue weighted by Gasteiger charge is 2.48. The smallest absolute Gasteiger partial charge is 0.303 e. The van der Waals surface area contributed by atoms with Gasteiger partial charge in [0, 0.05) is 40.7 Å². The van der Waals surface area contributed by atoms with Gasteiger partial charge < -0.3 is 34.1 Å². The number of amides is 1. The molecule has 12 heteroatoms. The number of nitrogens with one attached hydrogen (secondary N) is 1. The van der Waals surface area contributed by atoms with E-state index in [-0.39, 0.29) is 26.2 Å². The van der Waals surface area contributed by atoms with Crippen LogP contribution in [0.5, 0.6) is 0 Å². The molecular formula is C21H33NO11. The van der Waals surface area contributed by atoms with Crippen LogP contribution >= 0.6 is 0 Å². The van der Waals surface area contributed by atoms with Crippen LogP contribution in [-0.2, 0) is 47.7 Å². The molecule has 0 aromatic heterocycles. The van der Waals surface area contributed by atoms with Gasteiger partial charge in [0.2, 0.25) is 5.91 Å². The molecule has 0 bridgehead atoms. The number of carboxylic acid groups (broad SMARTS) is 1. The van der Waals surface area contributed by atoms with Crippen LogP contribution in [0.15, 0.2) is 0 Å². The van der Waals surface area contributed by atoms with Crippen LogP contribution in [-0.4, -0.2) is 79.3 Å². The van der Waals surface area contributed by atoms with Gasteiger partial charge in [-0.3, -0.25) is 24.0 Å². The molecule has 1 rings (SSSR count). The molecule has 0 saturated carbocycles. The largest absolute Gasteiger partial charge is 0.481 e. The maximum atomic E-state index is 11.9. The monoisotopic (exact) mass is 475 g/mol. The van der Waals surface area contributed by atoms with Crippen LogP contribution < -0.4 is 5.32 Å². The van der Waals surface area contributed by atoms with Gasteiger partial charge in [0.25, 0.3) is 0 Å². The van der Waals surface area contributed by atoms with Gasteiger partial charge in [0.1, 0.15) is 12.1 Å². The standard InChI is InChI=1S/C21H33NO11/c1-12(23)22-18-20(33-15(4)26)19(32-14(3)25)16(10-30-13(2)24)11-31-21(18)29-9-7-5-6-8-17(27)28/h16,18-21H,5-11H2,1-4H3,(H,22,23)(H,27,28)/t16-,18+,19+,20+,21+/m0/s1. The maximum absolute atomic E-state index is 11.9. The van der Waals surface area contributed by atoms with Crippen molar-refractivity contribution in [1.29, 1.82) is 0 Å². The van der Waals surface area contributed by atoms with Gasteiger partial charge >= 0.3 is 23.9 Å². The van der Waals surface area contributed by atoms with Gasteiger partial charge in [-0.2, -0.15) is 0 Å². The number of carbonyl (C=O) groups is 5. The predicted octanol–water partition coefficient (Wildman–Crippen LogP) is 0.552. The second kappa shape index (κ2) is 14.4. The molecule has 5 atom stereocenters. The highest BCUT2D eigenvalue weighted by Crippen LogP contribution is 2.27. The van der Waals surface area contributed by atoms with E-state index in [0.29, 0.717) is 19.3 Å². The Morgan fingerprint density at radius 3 is 2.09 bits per heavy atom. The van der Waals surface area contributed by atoms with Gasteiger partial charge in [0.05, 0.1) is 19.1 Å². The summed E-state index contributed by atoms with van der Waals surface area (Å²) >= 11 is 0. The van der Waals surface area contributed by atoms with E-state index in [1.807, 2.05) is 0 Å². The van der Waals surface area contributed by atoms with Crippen molar-refractivity contribution in [1.82, 2.24) is 5.32 Å². The van der Waals surface area contributed by atoms with E-state index in [0.717, 1.165) is 0 Å². The predicted molar refractivity (Wildman–Crippen MR) is 111 cm³/mol. The average molecular weight is 475 g/mol.